The molecule has 126 valence electrons. The number of hydrogen-bond acceptors (Lipinski definition) is 6. The Morgan fingerprint density at radius 2 is 1.92 bits per heavy atom. The number of hydrogen-bond donors (Lipinski definition) is 0. The van der Waals surface area contributed by atoms with Crippen molar-refractivity contribution in [1.82, 2.24) is 4.98 Å². The minimum atomic E-state index is -0.392. The van der Waals surface area contributed by atoms with E-state index in [4.69, 9.17) is 17.0 Å². The number of ether oxygens (including phenoxy) is 1. The second kappa shape index (κ2) is 7.58. The lowest BCUT2D eigenvalue weighted by Crippen LogP contribution is -2.27. The van der Waals surface area contributed by atoms with Crippen molar-refractivity contribution in [3.63, 3.8) is 0 Å². The SMILES string of the molecule is CCOC(=O)c1ccc(N2C(=O)/C(=C\c3ccncc3)SC2=S)cc1. The van der Waals surface area contributed by atoms with Crippen molar-refractivity contribution >= 4 is 51.9 Å². The van der Waals surface area contributed by atoms with Gasteiger partial charge in [-0.1, -0.05) is 24.0 Å². The third-order valence-electron chi connectivity index (χ3n) is 3.43. The predicted octanol–water partition coefficient (Wildman–Crippen LogP) is 3.66. The van der Waals surface area contributed by atoms with Crippen molar-refractivity contribution in [2.45, 2.75) is 6.92 Å². The Bertz CT molecular complexity index is 848. The molecule has 0 N–H and O–H groups in total. The van der Waals surface area contributed by atoms with Gasteiger partial charge in [-0.05, 0) is 55.0 Å². The lowest BCUT2D eigenvalue weighted by Gasteiger charge is -2.14. The van der Waals surface area contributed by atoms with E-state index < -0.39 is 5.97 Å². The Morgan fingerprint density at radius 3 is 2.56 bits per heavy atom. The molecule has 1 aromatic heterocycles. The van der Waals surface area contributed by atoms with E-state index in [0.717, 1.165) is 5.56 Å². The summed E-state index contributed by atoms with van der Waals surface area (Å²) in [5.74, 6) is -0.576. The normalized spacial score (nSPS) is 15.7. The van der Waals surface area contributed by atoms with Crippen molar-refractivity contribution < 1.29 is 14.3 Å². The highest BCUT2D eigenvalue weighted by atomic mass is 32.2. The minimum absolute atomic E-state index is 0.185. The maximum atomic E-state index is 12.7. The molecule has 7 heteroatoms. The Kier molecular flexibility index (Phi) is 5.25. The van der Waals surface area contributed by atoms with Crippen molar-refractivity contribution in [3.8, 4) is 0 Å². The highest BCUT2D eigenvalue weighted by molar-refractivity contribution is 8.27. The summed E-state index contributed by atoms with van der Waals surface area (Å²) in [6.45, 7) is 2.07. The van der Waals surface area contributed by atoms with Crippen LogP contribution in [0.3, 0.4) is 0 Å². The van der Waals surface area contributed by atoms with Gasteiger partial charge in [0.2, 0.25) is 0 Å². The molecular formula is C18H14N2O3S2. The number of pyridine rings is 1. The van der Waals surface area contributed by atoms with Crippen molar-refractivity contribution in [2.75, 3.05) is 11.5 Å². The van der Waals surface area contributed by atoms with Crippen LogP contribution in [0.2, 0.25) is 0 Å². The third kappa shape index (κ3) is 3.78. The van der Waals surface area contributed by atoms with Gasteiger partial charge < -0.3 is 4.74 Å². The molecule has 1 amide bonds. The van der Waals surface area contributed by atoms with Gasteiger partial charge >= 0.3 is 5.97 Å². The van der Waals surface area contributed by atoms with E-state index in [2.05, 4.69) is 4.98 Å². The molecule has 3 rings (SSSR count). The van der Waals surface area contributed by atoms with E-state index in [0.29, 0.717) is 27.1 Å². The number of amides is 1. The topological polar surface area (TPSA) is 59.5 Å². The first-order chi connectivity index (χ1) is 12.1. The summed E-state index contributed by atoms with van der Waals surface area (Å²) in [7, 11) is 0. The average Bonchev–Trinajstić information content (AvgIpc) is 2.90. The van der Waals surface area contributed by atoms with E-state index in [1.807, 2.05) is 12.1 Å². The second-order valence-electron chi connectivity index (χ2n) is 5.07. The van der Waals surface area contributed by atoms with Crippen LogP contribution in [0, 0.1) is 0 Å². The Morgan fingerprint density at radius 1 is 1.24 bits per heavy atom. The van der Waals surface area contributed by atoms with Crippen LogP contribution in [0.25, 0.3) is 6.08 Å². The van der Waals surface area contributed by atoms with Crippen LogP contribution < -0.4 is 4.90 Å². The Labute approximate surface area is 154 Å². The maximum absolute atomic E-state index is 12.7. The molecule has 0 unspecified atom stereocenters. The molecule has 0 bridgehead atoms. The number of esters is 1. The molecule has 1 aromatic carbocycles. The van der Waals surface area contributed by atoms with Gasteiger partial charge in [-0.25, -0.2) is 4.79 Å². The molecule has 0 radical (unpaired) electrons. The van der Waals surface area contributed by atoms with Crippen LogP contribution in [0.1, 0.15) is 22.8 Å². The molecule has 0 atom stereocenters. The summed E-state index contributed by atoms with van der Waals surface area (Å²) < 4.78 is 5.41. The molecule has 25 heavy (non-hydrogen) atoms. The molecule has 0 aliphatic carbocycles. The molecule has 1 saturated heterocycles. The molecule has 1 aliphatic rings. The lowest BCUT2D eigenvalue weighted by atomic mass is 10.2. The number of anilines is 1. The Balaban J connectivity index is 1.83. The number of carbonyl (C=O) groups is 2. The molecule has 1 fully saturated rings. The van der Waals surface area contributed by atoms with Crippen LogP contribution in [0.15, 0.2) is 53.7 Å². The average molecular weight is 370 g/mol. The van der Waals surface area contributed by atoms with Crippen molar-refractivity contribution in [2.24, 2.45) is 0 Å². The van der Waals surface area contributed by atoms with Gasteiger partial charge in [0.25, 0.3) is 5.91 Å². The zero-order valence-corrected chi connectivity index (χ0v) is 15.0. The number of benzene rings is 1. The number of aromatic nitrogens is 1. The number of nitrogens with zero attached hydrogens (tertiary/aromatic N) is 2. The van der Waals surface area contributed by atoms with Gasteiger partial charge in [-0.2, -0.15) is 0 Å². The highest BCUT2D eigenvalue weighted by Crippen LogP contribution is 2.36. The summed E-state index contributed by atoms with van der Waals surface area (Å²) in [6.07, 6.45) is 5.12. The van der Waals surface area contributed by atoms with Gasteiger partial charge in [0, 0.05) is 12.4 Å². The fraction of sp³-hybridized carbons (Fsp3) is 0.111. The molecule has 1 aliphatic heterocycles. The van der Waals surface area contributed by atoms with Crippen LogP contribution in [-0.4, -0.2) is 27.8 Å². The van der Waals surface area contributed by atoms with E-state index in [1.165, 1.54) is 16.7 Å². The first-order valence-corrected chi connectivity index (χ1v) is 8.78. The first-order valence-electron chi connectivity index (χ1n) is 7.55. The lowest BCUT2D eigenvalue weighted by molar-refractivity contribution is -0.113. The second-order valence-corrected chi connectivity index (χ2v) is 6.74. The number of thioether (sulfide) groups is 1. The summed E-state index contributed by atoms with van der Waals surface area (Å²) in [5.41, 5.74) is 1.94. The number of rotatable bonds is 4. The van der Waals surface area contributed by atoms with Gasteiger partial charge in [0.1, 0.15) is 0 Å². The monoisotopic (exact) mass is 370 g/mol. The van der Waals surface area contributed by atoms with E-state index in [1.54, 1.807) is 49.7 Å². The third-order valence-corrected chi connectivity index (χ3v) is 4.74. The molecular weight excluding hydrogens is 356 g/mol. The van der Waals surface area contributed by atoms with Crippen LogP contribution in [0.4, 0.5) is 5.69 Å². The molecule has 0 spiro atoms. The largest absolute Gasteiger partial charge is 0.462 e. The standard InChI is InChI=1S/C18H14N2O3S2/c1-2-23-17(22)13-3-5-14(6-4-13)20-16(21)15(25-18(20)24)11-12-7-9-19-10-8-12/h3-11H,2H2,1H3/b15-11+. The summed E-state index contributed by atoms with van der Waals surface area (Å²) in [6, 6.07) is 10.3. The van der Waals surface area contributed by atoms with Gasteiger partial charge in [0.15, 0.2) is 4.32 Å². The fourth-order valence-electron chi connectivity index (χ4n) is 2.26. The first kappa shape index (κ1) is 17.3. The van der Waals surface area contributed by atoms with Gasteiger partial charge in [-0.3, -0.25) is 14.7 Å². The van der Waals surface area contributed by atoms with Crippen LogP contribution in [0.5, 0.6) is 0 Å². The van der Waals surface area contributed by atoms with Gasteiger partial charge in [0.05, 0.1) is 22.8 Å². The van der Waals surface area contributed by atoms with Crippen LogP contribution in [-0.2, 0) is 9.53 Å². The van der Waals surface area contributed by atoms with Crippen molar-refractivity contribution in [3.05, 3.63) is 64.8 Å². The predicted molar refractivity (Wildman–Crippen MR) is 102 cm³/mol. The van der Waals surface area contributed by atoms with Crippen molar-refractivity contribution in [1.29, 1.82) is 0 Å². The summed E-state index contributed by atoms with van der Waals surface area (Å²) in [5, 5.41) is 0. The zero-order chi connectivity index (χ0) is 17.8. The van der Waals surface area contributed by atoms with E-state index in [9.17, 15) is 9.59 Å². The zero-order valence-electron chi connectivity index (χ0n) is 13.3. The van der Waals surface area contributed by atoms with Gasteiger partial charge in [-0.15, -0.1) is 0 Å². The molecule has 2 aromatic rings. The molecule has 2 heterocycles. The highest BCUT2D eigenvalue weighted by Gasteiger charge is 2.33. The molecule has 0 saturated carbocycles. The number of carbonyl (C=O) groups excluding carboxylic acids is 2. The Hall–Kier alpha value is -2.51. The fourth-order valence-corrected chi connectivity index (χ4v) is 3.56. The summed E-state index contributed by atoms with van der Waals surface area (Å²) >= 11 is 6.59. The number of thiocarbonyl (C=S) groups is 1. The quantitative estimate of drug-likeness (QED) is 0.465. The minimum Gasteiger partial charge on any atom is -0.462 e. The van der Waals surface area contributed by atoms with Crippen LogP contribution >= 0.6 is 24.0 Å². The smallest absolute Gasteiger partial charge is 0.338 e. The van der Waals surface area contributed by atoms with E-state index >= 15 is 0 Å². The maximum Gasteiger partial charge on any atom is 0.338 e. The summed E-state index contributed by atoms with van der Waals surface area (Å²) in [4.78, 5) is 30.4. The molecule has 5 nitrogen and oxygen atoms in total. The van der Waals surface area contributed by atoms with E-state index in [-0.39, 0.29) is 5.91 Å².